The monoisotopic (exact) mass is 435 g/mol. The van der Waals surface area contributed by atoms with Gasteiger partial charge in [-0.15, -0.1) is 0 Å². The zero-order chi connectivity index (χ0) is 23.4. The first kappa shape index (κ1) is 23.5. The van der Waals surface area contributed by atoms with Crippen LogP contribution < -0.4 is 14.8 Å². The average Bonchev–Trinajstić information content (AvgIpc) is 3.28. The molecule has 1 aromatic heterocycles. The Morgan fingerprint density at radius 2 is 1.47 bits per heavy atom. The molecule has 170 valence electrons. The zero-order valence-corrected chi connectivity index (χ0v) is 20.1. The van der Waals surface area contributed by atoms with Gasteiger partial charge in [0.1, 0.15) is 5.76 Å². The molecule has 5 heteroatoms. The number of ether oxygens (including phenoxy) is 2. The first-order valence-electron chi connectivity index (χ1n) is 10.9. The SMILES string of the molecule is COc1ccc(CCNC(=O)c2ccc(Cc3c(C)c(C)c(C)c(C)c3C)o2)cc1OC. The highest BCUT2D eigenvalue weighted by Gasteiger charge is 2.16. The Hall–Kier alpha value is -3.21. The number of methoxy groups -OCH3 is 2. The number of hydrogen-bond donors (Lipinski definition) is 1. The summed E-state index contributed by atoms with van der Waals surface area (Å²) in [5, 5.41) is 2.93. The Bertz CT molecular complexity index is 1100. The topological polar surface area (TPSA) is 60.7 Å². The Labute approximate surface area is 190 Å². The molecule has 0 bridgehead atoms. The van der Waals surface area contributed by atoms with Crippen LogP contribution in [-0.4, -0.2) is 26.7 Å². The third-order valence-electron chi connectivity index (χ3n) is 6.54. The minimum absolute atomic E-state index is 0.207. The van der Waals surface area contributed by atoms with Crippen LogP contribution in [0.4, 0.5) is 0 Å². The lowest BCUT2D eigenvalue weighted by atomic mass is 9.88. The molecule has 0 radical (unpaired) electrons. The number of benzene rings is 2. The number of amides is 1. The van der Waals surface area contributed by atoms with Crippen molar-refractivity contribution in [3.63, 3.8) is 0 Å². The van der Waals surface area contributed by atoms with Crippen molar-refractivity contribution in [3.8, 4) is 11.5 Å². The Kier molecular flexibility index (Phi) is 7.29. The molecule has 1 N–H and O–H groups in total. The van der Waals surface area contributed by atoms with Crippen molar-refractivity contribution in [1.82, 2.24) is 5.32 Å². The predicted octanol–water partition coefficient (Wildman–Crippen LogP) is 5.40. The van der Waals surface area contributed by atoms with Gasteiger partial charge in [-0.1, -0.05) is 6.07 Å². The van der Waals surface area contributed by atoms with Crippen LogP contribution in [0.25, 0.3) is 0 Å². The molecule has 0 aliphatic heterocycles. The van der Waals surface area contributed by atoms with Gasteiger partial charge in [-0.05, 0) is 104 Å². The van der Waals surface area contributed by atoms with E-state index in [1.807, 2.05) is 24.3 Å². The van der Waals surface area contributed by atoms with Gasteiger partial charge in [0.25, 0.3) is 5.91 Å². The number of nitrogens with one attached hydrogen (secondary N) is 1. The van der Waals surface area contributed by atoms with Crippen molar-refractivity contribution in [3.05, 3.63) is 80.8 Å². The number of rotatable bonds is 8. The van der Waals surface area contributed by atoms with Crippen molar-refractivity contribution >= 4 is 5.91 Å². The summed E-state index contributed by atoms with van der Waals surface area (Å²) in [5.41, 5.74) is 8.91. The summed E-state index contributed by atoms with van der Waals surface area (Å²) in [6, 6.07) is 9.40. The van der Waals surface area contributed by atoms with Gasteiger partial charge in [0.05, 0.1) is 14.2 Å². The molecule has 2 aromatic carbocycles. The molecule has 1 amide bonds. The van der Waals surface area contributed by atoms with Crippen LogP contribution in [0.1, 0.15) is 55.3 Å². The van der Waals surface area contributed by atoms with Crippen LogP contribution in [0.15, 0.2) is 34.7 Å². The molecule has 3 aromatic rings. The molecule has 0 saturated carbocycles. The van der Waals surface area contributed by atoms with E-state index in [2.05, 4.69) is 39.9 Å². The third-order valence-corrected chi connectivity index (χ3v) is 6.54. The number of carbonyl (C=O) groups is 1. The fraction of sp³-hybridized carbons (Fsp3) is 0.370. The number of hydrogen-bond acceptors (Lipinski definition) is 4. The van der Waals surface area contributed by atoms with Gasteiger partial charge in [-0.25, -0.2) is 0 Å². The van der Waals surface area contributed by atoms with Crippen LogP contribution in [0.5, 0.6) is 11.5 Å². The minimum Gasteiger partial charge on any atom is -0.493 e. The van der Waals surface area contributed by atoms with E-state index in [9.17, 15) is 4.79 Å². The standard InChI is InChI=1S/C27H33NO4/c1-16-17(2)19(4)23(20(5)18(16)3)15-22-9-11-25(32-22)27(29)28-13-12-21-8-10-24(30-6)26(14-21)31-7/h8-11,14H,12-13,15H2,1-7H3,(H,28,29). The van der Waals surface area contributed by atoms with Gasteiger partial charge >= 0.3 is 0 Å². The highest BCUT2D eigenvalue weighted by molar-refractivity contribution is 5.91. The van der Waals surface area contributed by atoms with E-state index in [1.54, 1.807) is 20.3 Å². The van der Waals surface area contributed by atoms with Crippen LogP contribution in [0, 0.1) is 34.6 Å². The zero-order valence-electron chi connectivity index (χ0n) is 20.1. The van der Waals surface area contributed by atoms with E-state index in [1.165, 1.54) is 33.4 Å². The third kappa shape index (κ3) is 4.82. The molecule has 0 atom stereocenters. The molecule has 1 heterocycles. The fourth-order valence-corrected chi connectivity index (χ4v) is 4.06. The molecular formula is C27H33NO4. The van der Waals surface area contributed by atoms with Crippen molar-refractivity contribution in [1.29, 1.82) is 0 Å². The van der Waals surface area contributed by atoms with Gasteiger partial charge < -0.3 is 19.2 Å². The summed E-state index contributed by atoms with van der Waals surface area (Å²) in [6.07, 6.45) is 1.36. The van der Waals surface area contributed by atoms with E-state index in [-0.39, 0.29) is 5.91 Å². The van der Waals surface area contributed by atoms with Crippen molar-refractivity contribution in [2.24, 2.45) is 0 Å². The summed E-state index contributed by atoms with van der Waals surface area (Å²) in [7, 11) is 3.22. The molecule has 32 heavy (non-hydrogen) atoms. The van der Waals surface area contributed by atoms with Crippen LogP contribution >= 0.6 is 0 Å². The number of carbonyl (C=O) groups excluding carboxylic acids is 1. The van der Waals surface area contributed by atoms with Gasteiger partial charge in [0.2, 0.25) is 0 Å². The van der Waals surface area contributed by atoms with Crippen LogP contribution in [0.3, 0.4) is 0 Å². The maximum atomic E-state index is 12.6. The minimum atomic E-state index is -0.207. The summed E-state index contributed by atoms with van der Waals surface area (Å²) < 4.78 is 16.5. The van der Waals surface area contributed by atoms with Crippen molar-refractivity contribution in [2.75, 3.05) is 20.8 Å². The average molecular weight is 436 g/mol. The van der Waals surface area contributed by atoms with Gasteiger partial charge in [0.15, 0.2) is 17.3 Å². The maximum absolute atomic E-state index is 12.6. The van der Waals surface area contributed by atoms with Gasteiger partial charge in [-0.2, -0.15) is 0 Å². The van der Waals surface area contributed by atoms with E-state index in [4.69, 9.17) is 13.9 Å². The molecular weight excluding hydrogens is 402 g/mol. The van der Waals surface area contributed by atoms with E-state index in [0.717, 1.165) is 11.3 Å². The summed E-state index contributed by atoms with van der Waals surface area (Å²) in [4.78, 5) is 12.6. The lowest BCUT2D eigenvalue weighted by molar-refractivity contribution is 0.0925. The largest absolute Gasteiger partial charge is 0.493 e. The predicted molar refractivity (Wildman–Crippen MR) is 127 cm³/mol. The second-order valence-corrected chi connectivity index (χ2v) is 8.24. The van der Waals surface area contributed by atoms with E-state index in [0.29, 0.717) is 36.6 Å². The second-order valence-electron chi connectivity index (χ2n) is 8.24. The normalized spacial score (nSPS) is 10.8. The highest BCUT2D eigenvalue weighted by Crippen LogP contribution is 2.29. The Balaban J connectivity index is 1.63. The first-order valence-corrected chi connectivity index (χ1v) is 10.9. The first-order chi connectivity index (χ1) is 15.3. The van der Waals surface area contributed by atoms with Gasteiger partial charge in [-0.3, -0.25) is 4.79 Å². The summed E-state index contributed by atoms with van der Waals surface area (Å²) >= 11 is 0. The molecule has 5 nitrogen and oxygen atoms in total. The molecule has 3 rings (SSSR count). The van der Waals surface area contributed by atoms with Gasteiger partial charge in [0, 0.05) is 13.0 Å². The molecule has 0 unspecified atom stereocenters. The highest BCUT2D eigenvalue weighted by atomic mass is 16.5. The molecule has 0 aliphatic rings. The second kappa shape index (κ2) is 9.94. The lowest BCUT2D eigenvalue weighted by Crippen LogP contribution is -2.25. The Morgan fingerprint density at radius 3 is 2.09 bits per heavy atom. The van der Waals surface area contributed by atoms with Crippen molar-refractivity contribution in [2.45, 2.75) is 47.5 Å². The Morgan fingerprint density at radius 1 is 0.844 bits per heavy atom. The lowest BCUT2D eigenvalue weighted by Gasteiger charge is -2.18. The van der Waals surface area contributed by atoms with Crippen molar-refractivity contribution < 1.29 is 18.7 Å². The van der Waals surface area contributed by atoms with E-state index < -0.39 is 0 Å². The van der Waals surface area contributed by atoms with E-state index >= 15 is 0 Å². The molecule has 0 aliphatic carbocycles. The quantitative estimate of drug-likeness (QED) is 0.514. The van der Waals surface area contributed by atoms with Crippen LogP contribution in [0.2, 0.25) is 0 Å². The maximum Gasteiger partial charge on any atom is 0.287 e. The fourth-order valence-electron chi connectivity index (χ4n) is 4.06. The smallest absolute Gasteiger partial charge is 0.287 e. The number of furan rings is 1. The summed E-state index contributed by atoms with van der Waals surface area (Å²) in [6.45, 7) is 11.3. The molecule has 0 spiro atoms. The summed E-state index contributed by atoms with van der Waals surface area (Å²) in [5.74, 6) is 2.29. The van der Waals surface area contributed by atoms with Crippen LogP contribution in [-0.2, 0) is 12.8 Å². The molecule has 0 fully saturated rings. The molecule has 0 saturated heterocycles.